The van der Waals surface area contributed by atoms with Crippen molar-refractivity contribution < 1.29 is 14.3 Å². The monoisotopic (exact) mass is 414 g/mol. The van der Waals surface area contributed by atoms with E-state index in [0.29, 0.717) is 22.7 Å². The average molecular weight is 415 g/mol. The maximum atomic E-state index is 11.8. The number of benzene rings is 3. The minimum absolute atomic E-state index is 0.0161. The highest BCUT2D eigenvalue weighted by Gasteiger charge is 2.15. The van der Waals surface area contributed by atoms with Gasteiger partial charge in [-0.15, -0.1) is 0 Å². The molecule has 158 valence electrons. The number of hydrogen-bond acceptors (Lipinski definition) is 5. The number of aromatic nitrogens is 1. The second kappa shape index (κ2) is 9.04. The Kier molecular flexibility index (Phi) is 6.03. The highest BCUT2D eigenvalue weighted by molar-refractivity contribution is 6.10. The van der Waals surface area contributed by atoms with E-state index in [2.05, 4.69) is 36.2 Å². The van der Waals surface area contributed by atoms with Gasteiger partial charge in [-0.05, 0) is 49.3 Å². The molecule has 0 aliphatic heterocycles. The number of esters is 1. The number of rotatable bonds is 7. The van der Waals surface area contributed by atoms with E-state index in [-0.39, 0.29) is 6.10 Å². The molecule has 1 atom stereocenters. The Balaban J connectivity index is 1.59. The standard InChI is InChI=1S/C26H26N2O3/c1-17(7-6-10-19-8-4-3-5-9-19)30-22-14-24-26(25(15-22)31-18(2)29)23-13-21(27)12-11-20(23)16-28-24/h3-5,8-9,11-17H,6-7,10,27H2,1-2H3. The Morgan fingerprint density at radius 1 is 1.10 bits per heavy atom. The summed E-state index contributed by atoms with van der Waals surface area (Å²) in [7, 11) is 0. The molecular formula is C26H26N2O3. The number of fused-ring (bicyclic) bond motifs is 3. The van der Waals surface area contributed by atoms with Crippen molar-refractivity contribution in [3.05, 3.63) is 72.4 Å². The van der Waals surface area contributed by atoms with Gasteiger partial charge >= 0.3 is 5.97 Å². The van der Waals surface area contributed by atoms with Crippen molar-refractivity contribution in [2.75, 3.05) is 5.73 Å². The molecule has 0 saturated heterocycles. The number of ether oxygens (including phenoxy) is 2. The van der Waals surface area contributed by atoms with Gasteiger partial charge in [-0.2, -0.15) is 0 Å². The number of anilines is 1. The molecule has 0 aliphatic rings. The molecule has 0 radical (unpaired) electrons. The second-order valence-electron chi connectivity index (χ2n) is 7.82. The van der Waals surface area contributed by atoms with E-state index in [9.17, 15) is 4.79 Å². The van der Waals surface area contributed by atoms with Crippen LogP contribution < -0.4 is 15.2 Å². The summed E-state index contributed by atoms with van der Waals surface area (Å²) in [6.07, 6.45) is 4.76. The van der Waals surface area contributed by atoms with Crippen LogP contribution in [0.1, 0.15) is 32.3 Å². The van der Waals surface area contributed by atoms with Gasteiger partial charge in [-0.25, -0.2) is 0 Å². The lowest BCUT2D eigenvalue weighted by atomic mass is 10.0. The highest BCUT2D eigenvalue weighted by Crippen LogP contribution is 2.36. The van der Waals surface area contributed by atoms with Gasteiger partial charge in [0.05, 0.1) is 17.0 Å². The van der Waals surface area contributed by atoms with Gasteiger partial charge in [0.15, 0.2) is 0 Å². The molecule has 0 fully saturated rings. The van der Waals surface area contributed by atoms with Crippen LogP contribution in [0.4, 0.5) is 5.69 Å². The van der Waals surface area contributed by atoms with Crippen molar-refractivity contribution in [2.24, 2.45) is 0 Å². The van der Waals surface area contributed by atoms with Crippen LogP contribution in [0.5, 0.6) is 11.5 Å². The predicted octanol–water partition coefficient (Wildman–Crippen LogP) is 5.69. The molecule has 0 aliphatic carbocycles. The lowest BCUT2D eigenvalue weighted by molar-refractivity contribution is -0.131. The van der Waals surface area contributed by atoms with E-state index in [0.717, 1.165) is 35.4 Å². The van der Waals surface area contributed by atoms with E-state index < -0.39 is 5.97 Å². The molecule has 31 heavy (non-hydrogen) atoms. The summed E-state index contributed by atoms with van der Waals surface area (Å²) >= 11 is 0. The van der Waals surface area contributed by atoms with Gasteiger partial charge in [-0.1, -0.05) is 36.4 Å². The van der Waals surface area contributed by atoms with Crippen LogP contribution in [0, 0.1) is 0 Å². The maximum absolute atomic E-state index is 11.8. The number of aryl methyl sites for hydroxylation is 1. The van der Waals surface area contributed by atoms with E-state index in [1.165, 1.54) is 12.5 Å². The zero-order valence-electron chi connectivity index (χ0n) is 17.8. The Labute approximate surface area is 181 Å². The van der Waals surface area contributed by atoms with E-state index in [4.69, 9.17) is 15.2 Å². The summed E-state index contributed by atoms with van der Waals surface area (Å²) in [5.74, 6) is 0.669. The smallest absolute Gasteiger partial charge is 0.308 e. The van der Waals surface area contributed by atoms with Gasteiger partial charge in [0.2, 0.25) is 0 Å². The van der Waals surface area contributed by atoms with Crippen LogP contribution in [0.15, 0.2) is 66.9 Å². The first-order valence-electron chi connectivity index (χ1n) is 10.5. The molecule has 1 unspecified atom stereocenters. The fraction of sp³-hybridized carbons (Fsp3) is 0.231. The van der Waals surface area contributed by atoms with Gasteiger partial charge in [0, 0.05) is 36.3 Å². The average Bonchev–Trinajstić information content (AvgIpc) is 2.73. The largest absolute Gasteiger partial charge is 0.491 e. The Bertz CT molecular complexity index is 1220. The van der Waals surface area contributed by atoms with Gasteiger partial charge in [0.1, 0.15) is 11.5 Å². The van der Waals surface area contributed by atoms with Crippen LogP contribution >= 0.6 is 0 Å². The molecule has 0 amide bonds. The van der Waals surface area contributed by atoms with Crippen LogP contribution in [-0.4, -0.2) is 17.1 Å². The molecule has 5 nitrogen and oxygen atoms in total. The Morgan fingerprint density at radius 3 is 2.68 bits per heavy atom. The molecular weight excluding hydrogens is 388 g/mol. The third-order valence-corrected chi connectivity index (χ3v) is 5.25. The van der Waals surface area contributed by atoms with E-state index >= 15 is 0 Å². The molecule has 4 rings (SSSR count). The first-order valence-corrected chi connectivity index (χ1v) is 10.5. The molecule has 0 saturated carbocycles. The SMILES string of the molecule is CC(=O)Oc1cc(OC(C)CCCc2ccccc2)cc2ncc3ccc(N)cc3c12. The molecule has 3 aromatic carbocycles. The summed E-state index contributed by atoms with van der Waals surface area (Å²) in [5.41, 5.74) is 8.66. The highest BCUT2D eigenvalue weighted by atomic mass is 16.5. The second-order valence-corrected chi connectivity index (χ2v) is 7.82. The zero-order chi connectivity index (χ0) is 21.8. The van der Waals surface area contributed by atoms with E-state index in [1.807, 2.05) is 30.3 Å². The molecule has 4 aromatic rings. The fourth-order valence-electron chi connectivity index (χ4n) is 3.82. The fourth-order valence-corrected chi connectivity index (χ4v) is 3.82. The number of pyridine rings is 1. The molecule has 0 bridgehead atoms. The molecule has 1 aromatic heterocycles. The van der Waals surface area contributed by atoms with Crippen molar-refractivity contribution >= 4 is 33.3 Å². The van der Waals surface area contributed by atoms with Gasteiger partial charge in [0.25, 0.3) is 0 Å². The van der Waals surface area contributed by atoms with Crippen molar-refractivity contribution in [3.8, 4) is 11.5 Å². The van der Waals surface area contributed by atoms with Crippen LogP contribution in [0.25, 0.3) is 21.7 Å². The first-order chi connectivity index (χ1) is 15.0. The van der Waals surface area contributed by atoms with Crippen molar-refractivity contribution in [2.45, 2.75) is 39.2 Å². The minimum Gasteiger partial charge on any atom is -0.491 e. The number of nitrogens with two attached hydrogens (primary N) is 1. The minimum atomic E-state index is -0.393. The Morgan fingerprint density at radius 2 is 1.90 bits per heavy atom. The van der Waals surface area contributed by atoms with Crippen LogP contribution in [0.3, 0.4) is 0 Å². The normalized spacial score (nSPS) is 12.1. The quantitative estimate of drug-likeness (QED) is 0.182. The molecule has 2 N–H and O–H groups in total. The molecule has 1 heterocycles. The molecule has 0 spiro atoms. The number of carbonyl (C=O) groups is 1. The number of carbonyl (C=O) groups excluding carboxylic acids is 1. The third-order valence-electron chi connectivity index (χ3n) is 5.25. The predicted molar refractivity (Wildman–Crippen MR) is 124 cm³/mol. The maximum Gasteiger partial charge on any atom is 0.308 e. The summed E-state index contributed by atoms with van der Waals surface area (Å²) in [6, 6.07) is 19.7. The number of nitrogens with zero attached hydrogens (tertiary/aromatic N) is 1. The topological polar surface area (TPSA) is 74.4 Å². The van der Waals surface area contributed by atoms with Gasteiger partial charge < -0.3 is 15.2 Å². The Hall–Kier alpha value is -3.60. The lowest BCUT2D eigenvalue weighted by Gasteiger charge is -2.17. The van der Waals surface area contributed by atoms with Crippen molar-refractivity contribution in [1.29, 1.82) is 0 Å². The van der Waals surface area contributed by atoms with Crippen LogP contribution in [0.2, 0.25) is 0 Å². The van der Waals surface area contributed by atoms with Crippen molar-refractivity contribution in [3.63, 3.8) is 0 Å². The first kappa shape index (κ1) is 20.7. The summed E-state index contributed by atoms with van der Waals surface area (Å²) in [5, 5.41) is 2.57. The summed E-state index contributed by atoms with van der Waals surface area (Å²) in [4.78, 5) is 16.3. The summed E-state index contributed by atoms with van der Waals surface area (Å²) < 4.78 is 11.7. The molecule has 5 heteroatoms. The van der Waals surface area contributed by atoms with Crippen molar-refractivity contribution in [1.82, 2.24) is 4.98 Å². The van der Waals surface area contributed by atoms with Crippen LogP contribution in [-0.2, 0) is 11.2 Å². The van der Waals surface area contributed by atoms with Gasteiger partial charge in [-0.3, -0.25) is 9.78 Å². The zero-order valence-corrected chi connectivity index (χ0v) is 17.8. The number of nitrogen functional groups attached to an aromatic ring is 1. The third kappa shape index (κ3) is 4.94. The van der Waals surface area contributed by atoms with E-state index in [1.54, 1.807) is 12.3 Å². The summed E-state index contributed by atoms with van der Waals surface area (Å²) in [6.45, 7) is 3.44. The number of hydrogen-bond donors (Lipinski definition) is 1. The lowest BCUT2D eigenvalue weighted by Crippen LogP contribution is -2.12.